The van der Waals surface area contributed by atoms with Gasteiger partial charge in [-0.3, -0.25) is 0 Å². The summed E-state index contributed by atoms with van der Waals surface area (Å²) in [6.45, 7) is 2.50. The van der Waals surface area contributed by atoms with Gasteiger partial charge in [0.05, 0.1) is 37.0 Å². The summed E-state index contributed by atoms with van der Waals surface area (Å²) in [4.78, 5) is 4.93. The molecule has 0 aliphatic heterocycles. The zero-order valence-electron chi connectivity index (χ0n) is 23.6. The number of benzene rings is 1. The van der Waals surface area contributed by atoms with Crippen LogP contribution in [0.25, 0.3) is 22.5 Å². The normalized spacial score (nSPS) is 19.5. The van der Waals surface area contributed by atoms with Crippen LogP contribution in [-0.4, -0.2) is 69.6 Å². The first-order chi connectivity index (χ1) is 20.2. The van der Waals surface area contributed by atoms with Crippen molar-refractivity contribution in [1.82, 2.24) is 34.6 Å². The minimum atomic E-state index is -3.74. The number of nitrogen functional groups attached to an aromatic ring is 1. The lowest BCUT2D eigenvalue weighted by atomic mass is 9.77. The van der Waals surface area contributed by atoms with E-state index in [4.69, 9.17) is 24.6 Å². The van der Waals surface area contributed by atoms with Gasteiger partial charge in [-0.2, -0.15) is 14.7 Å². The van der Waals surface area contributed by atoms with Crippen LogP contribution in [0.2, 0.25) is 0 Å². The van der Waals surface area contributed by atoms with Gasteiger partial charge in [0.1, 0.15) is 16.3 Å². The topological polar surface area (TPSA) is 166 Å². The van der Waals surface area contributed by atoms with E-state index in [1.165, 1.54) is 4.52 Å². The molecule has 0 bridgehead atoms. The molecule has 14 heteroatoms. The fraction of sp³-hybridized carbons (Fsp3) is 0.393. The van der Waals surface area contributed by atoms with Crippen molar-refractivity contribution in [2.24, 2.45) is 0 Å². The number of hydrogen-bond acceptors (Lipinski definition) is 11. The monoisotopic (exact) mass is 592 g/mol. The van der Waals surface area contributed by atoms with Gasteiger partial charge in [-0.25, -0.2) is 18.1 Å². The summed E-state index contributed by atoms with van der Waals surface area (Å²) in [7, 11) is -2.13. The summed E-state index contributed by atoms with van der Waals surface area (Å²) in [5.74, 6) is 0.680. The molecule has 4 heterocycles. The number of methoxy groups -OCH3 is 1. The standard InChI is InChI=1S/C28H32N8O5S/c1-18-33-34-27(41-18)28(40-14-13-39-2)11-9-19(10-12-28)23-24(42(3,37)38)25(29)36-26(32-23)22(16-31-36)20-15-30-35(17-20)21-7-5-4-6-8-21/h4-8,15-17,19H,9-14,29H2,1-3H3. The fourth-order valence-electron chi connectivity index (χ4n) is 5.64. The number of ether oxygens (including phenoxy) is 2. The molecule has 4 aromatic heterocycles. The van der Waals surface area contributed by atoms with E-state index in [2.05, 4.69) is 20.4 Å². The molecule has 1 aromatic carbocycles. The van der Waals surface area contributed by atoms with E-state index in [0.717, 1.165) is 17.5 Å². The van der Waals surface area contributed by atoms with Gasteiger partial charge in [-0.1, -0.05) is 18.2 Å². The Balaban J connectivity index is 1.39. The Hall–Kier alpha value is -4.14. The summed E-state index contributed by atoms with van der Waals surface area (Å²) in [6, 6.07) is 9.73. The van der Waals surface area contributed by atoms with Crippen molar-refractivity contribution >= 4 is 21.3 Å². The number of fused-ring (bicyclic) bond motifs is 1. The van der Waals surface area contributed by atoms with Gasteiger partial charge in [0.2, 0.25) is 11.8 Å². The van der Waals surface area contributed by atoms with Gasteiger partial charge in [-0.05, 0) is 37.8 Å². The fourth-order valence-corrected chi connectivity index (χ4v) is 6.70. The lowest BCUT2D eigenvalue weighted by molar-refractivity contribution is -0.108. The van der Waals surface area contributed by atoms with Gasteiger partial charge in [0, 0.05) is 43.5 Å². The molecule has 2 N–H and O–H groups in total. The van der Waals surface area contributed by atoms with Gasteiger partial charge >= 0.3 is 0 Å². The molecule has 0 atom stereocenters. The molecular formula is C28H32N8O5S. The lowest BCUT2D eigenvalue weighted by Gasteiger charge is -2.37. The SMILES string of the molecule is COCCOC1(c2nnc(C)o2)CCC(c2nc3c(-c4cnn(-c5ccccc5)c4)cnn3c(N)c2S(C)(=O)=O)CC1. The van der Waals surface area contributed by atoms with Crippen molar-refractivity contribution in [2.75, 3.05) is 32.3 Å². The Bertz CT molecular complexity index is 1820. The molecule has 6 rings (SSSR count). The molecule has 0 amide bonds. The average Bonchev–Trinajstić information content (AvgIpc) is 3.73. The Labute approximate surface area is 242 Å². The molecule has 1 fully saturated rings. The van der Waals surface area contributed by atoms with E-state index < -0.39 is 15.4 Å². The molecule has 0 saturated heterocycles. The molecule has 1 aliphatic carbocycles. The Kier molecular flexibility index (Phi) is 7.29. The van der Waals surface area contributed by atoms with Crippen LogP contribution >= 0.6 is 0 Å². The highest BCUT2D eigenvalue weighted by atomic mass is 32.2. The summed E-state index contributed by atoms with van der Waals surface area (Å²) in [5.41, 5.74) is 8.98. The Morgan fingerprint density at radius 1 is 1.10 bits per heavy atom. The maximum atomic E-state index is 13.1. The number of aryl methyl sites for hydroxylation is 1. The zero-order chi connectivity index (χ0) is 29.5. The Morgan fingerprint density at radius 3 is 2.52 bits per heavy atom. The molecular weight excluding hydrogens is 560 g/mol. The molecule has 1 saturated carbocycles. The van der Waals surface area contributed by atoms with Gasteiger partial charge in [0.25, 0.3) is 0 Å². The zero-order valence-corrected chi connectivity index (χ0v) is 24.4. The number of sulfone groups is 1. The number of aromatic nitrogens is 7. The van der Waals surface area contributed by atoms with E-state index in [1.54, 1.807) is 31.1 Å². The molecule has 0 spiro atoms. The smallest absolute Gasteiger partial charge is 0.248 e. The number of nitrogens with zero attached hydrogens (tertiary/aromatic N) is 7. The van der Waals surface area contributed by atoms with Crippen molar-refractivity contribution in [3.05, 3.63) is 66.4 Å². The van der Waals surface area contributed by atoms with Crippen LogP contribution in [0.1, 0.15) is 49.1 Å². The molecule has 220 valence electrons. The number of para-hydroxylation sites is 1. The van der Waals surface area contributed by atoms with Crippen molar-refractivity contribution in [1.29, 1.82) is 0 Å². The van der Waals surface area contributed by atoms with Crippen LogP contribution in [0.4, 0.5) is 5.82 Å². The first kappa shape index (κ1) is 28.0. The third kappa shape index (κ3) is 5.05. The third-order valence-electron chi connectivity index (χ3n) is 7.71. The molecule has 42 heavy (non-hydrogen) atoms. The second-order valence-electron chi connectivity index (χ2n) is 10.5. The van der Waals surface area contributed by atoms with Crippen molar-refractivity contribution in [3.8, 4) is 16.8 Å². The van der Waals surface area contributed by atoms with Gasteiger partial charge in [0.15, 0.2) is 15.5 Å². The highest BCUT2D eigenvalue weighted by molar-refractivity contribution is 7.91. The molecule has 0 unspecified atom stereocenters. The number of rotatable bonds is 9. The van der Waals surface area contributed by atoms with Crippen LogP contribution in [-0.2, 0) is 24.9 Å². The maximum Gasteiger partial charge on any atom is 0.248 e. The van der Waals surface area contributed by atoms with E-state index in [9.17, 15) is 8.42 Å². The summed E-state index contributed by atoms with van der Waals surface area (Å²) >= 11 is 0. The predicted octanol–water partition coefficient (Wildman–Crippen LogP) is 3.48. The van der Waals surface area contributed by atoms with Crippen molar-refractivity contribution in [2.45, 2.75) is 49.0 Å². The predicted molar refractivity (Wildman–Crippen MR) is 153 cm³/mol. The molecule has 13 nitrogen and oxygen atoms in total. The van der Waals surface area contributed by atoms with E-state index >= 15 is 0 Å². The number of hydrogen-bond donors (Lipinski definition) is 1. The minimum Gasteiger partial charge on any atom is -0.422 e. The van der Waals surface area contributed by atoms with Crippen LogP contribution < -0.4 is 5.73 Å². The van der Waals surface area contributed by atoms with Gasteiger partial charge < -0.3 is 19.6 Å². The third-order valence-corrected chi connectivity index (χ3v) is 8.87. The van der Waals surface area contributed by atoms with E-state index in [-0.39, 0.29) is 16.6 Å². The van der Waals surface area contributed by atoms with E-state index in [0.29, 0.717) is 67.6 Å². The summed E-state index contributed by atoms with van der Waals surface area (Å²) < 4.78 is 46.6. The van der Waals surface area contributed by atoms with E-state index in [1.807, 2.05) is 36.5 Å². The maximum absolute atomic E-state index is 13.1. The second-order valence-corrected chi connectivity index (χ2v) is 12.5. The second kappa shape index (κ2) is 10.9. The van der Waals surface area contributed by atoms with Crippen LogP contribution in [0.15, 0.2) is 58.2 Å². The van der Waals surface area contributed by atoms with Gasteiger partial charge in [-0.15, -0.1) is 10.2 Å². The largest absolute Gasteiger partial charge is 0.422 e. The quantitative estimate of drug-likeness (QED) is 0.249. The van der Waals surface area contributed by atoms with Crippen LogP contribution in [0.3, 0.4) is 0 Å². The average molecular weight is 593 g/mol. The number of anilines is 1. The lowest BCUT2D eigenvalue weighted by Crippen LogP contribution is -2.36. The van der Waals surface area contributed by atoms with Crippen molar-refractivity contribution in [3.63, 3.8) is 0 Å². The van der Waals surface area contributed by atoms with Crippen LogP contribution in [0, 0.1) is 6.92 Å². The van der Waals surface area contributed by atoms with Crippen LogP contribution in [0.5, 0.6) is 0 Å². The highest BCUT2D eigenvalue weighted by Crippen LogP contribution is 2.47. The highest BCUT2D eigenvalue weighted by Gasteiger charge is 2.44. The summed E-state index contributed by atoms with van der Waals surface area (Å²) in [6.07, 6.45) is 8.56. The minimum absolute atomic E-state index is 0.00364. The molecule has 1 aliphatic rings. The molecule has 0 radical (unpaired) electrons. The summed E-state index contributed by atoms with van der Waals surface area (Å²) in [5, 5.41) is 17.2. The first-order valence-electron chi connectivity index (χ1n) is 13.6. The number of nitrogens with two attached hydrogens (primary N) is 1. The molecule has 5 aromatic rings. The first-order valence-corrected chi connectivity index (χ1v) is 15.5. The van der Waals surface area contributed by atoms with Crippen molar-refractivity contribution < 1.29 is 22.3 Å². The Morgan fingerprint density at radius 2 is 1.86 bits per heavy atom.